The van der Waals surface area contributed by atoms with Crippen LogP contribution in [-0.2, 0) is 9.53 Å². The number of halogens is 1. The Bertz CT molecular complexity index is 787. The molecular formula is C18H18ClNO4. The van der Waals surface area contributed by atoms with Crippen molar-refractivity contribution < 1.29 is 18.7 Å². The molecule has 0 spiro atoms. The van der Waals surface area contributed by atoms with E-state index in [0.29, 0.717) is 48.4 Å². The number of amides is 1. The lowest BCUT2D eigenvalue weighted by Gasteiger charge is -2.25. The number of nitrogens with zero attached hydrogens (tertiary/aromatic N) is 1. The van der Waals surface area contributed by atoms with E-state index in [0.717, 1.165) is 5.39 Å². The minimum Gasteiger partial charge on any atom is -0.493 e. The molecule has 2 aromatic rings. The first kappa shape index (κ1) is 16.6. The highest BCUT2D eigenvalue weighted by Gasteiger charge is 2.14. The molecule has 0 unspecified atom stereocenters. The molecule has 3 rings (SSSR count). The number of carbonyl (C=O) groups excluding carboxylic acids is 1. The van der Waals surface area contributed by atoms with Gasteiger partial charge in [0, 0.05) is 24.6 Å². The Morgan fingerprint density at radius 3 is 2.88 bits per heavy atom. The molecule has 5 nitrogen and oxygen atoms in total. The van der Waals surface area contributed by atoms with Gasteiger partial charge in [-0.3, -0.25) is 4.79 Å². The van der Waals surface area contributed by atoms with Crippen LogP contribution in [-0.4, -0.2) is 44.2 Å². The molecule has 1 aliphatic rings. The number of para-hydroxylation sites is 1. The van der Waals surface area contributed by atoms with E-state index in [1.165, 1.54) is 6.08 Å². The van der Waals surface area contributed by atoms with Gasteiger partial charge in [0.05, 0.1) is 25.4 Å². The number of benzene rings is 1. The Morgan fingerprint density at radius 2 is 2.12 bits per heavy atom. The smallest absolute Gasteiger partial charge is 0.246 e. The van der Waals surface area contributed by atoms with Crippen LogP contribution in [0.5, 0.6) is 5.75 Å². The third-order valence-electron chi connectivity index (χ3n) is 3.77. The summed E-state index contributed by atoms with van der Waals surface area (Å²) in [5.41, 5.74) is 0.648. The summed E-state index contributed by atoms with van der Waals surface area (Å²) in [6.45, 7) is 2.39. The van der Waals surface area contributed by atoms with Crippen molar-refractivity contribution in [3.8, 4) is 5.75 Å². The van der Waals surface area contributed by atoms with Crippen molar-refractivity contribution >= 4 is 33.5 Å². The molecule has 6 heteroatoms. The van der Waals surface area contributed by atoms with Crippen molar-refractivity contribution in [1.29, 1.82) is 0 Å². The third kappa shape index (κ3) is 3.63. The lowest BCUT2D eigenvalue weighted by Crippen LogP contribution is -2.39. The average molecular weight is 348 g/mol. The molecule has 2 heterocycles. The molecule has 1 amide bonds. The van der Waals surface area contributed by atoms with Crippen molar-refractivity contribution in [3.05, 3.63) is 48.3 Å². The number of methoxy groups -OCH3 is 1. The standard InChI is InChI=1S/C18H18ClNO4/c1-22-15-6-2-4-13-12-16(24-18(13)15)14(19)5-3-7-17(21)20-8-10-23-11-9-20/h2-7,12H,8-11H2,1H3/b7-3+,14-5-. The average Bonchev–Trinajstić information content (AvgIpc) is 3.06. The maximum atomic E-state index is 12.0. The van der Waals surface area contributed by atoms with Gasteiger partial charge in [-0.05, 0) is 18.2 Å². The fourth-order valence-electron chi connectivity index (χ4n) is 2.50. The Hall–Kier alpha value is -2.24. The number of morpholine rings is 1. The van der Waals surface area contributed by atoms with Crippen molar-refractivity contribution in [3.63, 3.8) is 0 Å². The first-order valence-electron chi connectivity index (χ1n) is 7.66. The molecule has 0 atom stereocenters. The Labute approximate surface area is 145 Å². The normalized spacial score (nSPS) is 16.1. The predicted octanol–water partition coefficient (Wildman–Crippen LogP) is 3.44. The molecule has 1 aromatic carbocycles. The molecular weight excluding hydrogens is 330 g/mol. The van der Waals surface area contributed by atoms with Gasteiger partial charge in [-0.2, -0.15) is 0 Å². The van der Waals surface area contributed by atoms with E-state index in [1.54, 1.807) is 24.2 Å². The maximum absolute atomic E-state index is 12.0. The van der Waals surface area contributed by atoms with Crippen molar-refractivity contribution in [2.75, 3.05) is 33.4 Å². The number of rotatable bonds is 4. The van der Waals surface area contributed by atoms with Gasteiger partial charge in [-0.15, -0.1) is 0 Å². The van der Waals surface area contributed by atoms with E-state index >= 15 is 0 Å². The van der Waals surface area contributed by atoms with E-state index in [1.807, 2.05) is 24.3 Å². The SMILES string of the molecule is COc1cccc2cc(/C(Cl)=C/C=C/C(=O)N3CCOCC3)oc12. The number of furan rings is 1. The van der Waals surface area contributed by atoms with E-state index in [4.69, 9.17) is 25.5 Å². The molecule has 24 heavy (non-hydrogen) atoms. The van der Waals surface area contributed by atoms with E-state index in [2.05, 4.69) is 0 Å². The predicted molar refractivity (Wildman–Crippen MR) is 93.1 cm³/mol. The summed E-state index contributed by atoms with van der Waals surface area (Å²) in [6.07, 6.45) is 4.77. The zero-order valence-electron chi connectivity index (χ0n) is 13.3. The quantitative estimate of drug-likeness (QED) is 0.628. The summed E-state index contributed by atoms with van der Waals surface area (Å²) in [4.78, 5) is 13.8. The summed E-state index contributed by atoms with van der Waals surface area (Å²) >= 11 is 6.27. The van der Waals surface area contributed by atoms with Crippen LogP contribution in [0.25, 0.3) is 16.0 Å². The lowest BCUT2D eigenvalue weighted by atomic mass is 10.2. The number of fused-ring (bicyclic) bond motifs is 1. The summed E-state index contributed by atoms with van der Waals surface area (Å²) < 4.78 is 16.2. The Kier molecular flexibility index (Phi) is 5.23. The highest BCUT2D eigenvalue weighted by Crippen LogP contribution is 2.32. The van der Waals surface area contributed by atoms with Gasteiger partial charge >= 0.3 is 0 Å². The lowest BCUT2D eigenvalue weighted by molar-refractivity contribution is -0.129. The molecule has 126 valence electrons. The number of hydrogen-bond donors (Lipinski definition) is 0. The number of hydrogen-bond acceptors (Lipinski definition) is 4. The van der Waals surface area contributed by atoms with Crippen molar-refractivity contribution in [1.82, 2.24) is 4.90 Å². The zero-order valence-corrected chi connectivity index (χ0v) is 14.1. The molecule has 1 fully saturated rings. The fraction of sp³-hybridized carbons (Fsp3) is 0.278. The van der Waals surface area contributed by atoms with Gasteiger partial charge in [0.1, 0.15) is 5.76 Å². The second-order valence-electron chi connectivity index (χ2n) is 5.30. The molecule has 0 radical (unpaired) electrons. The largest absolute Gasteiger partial charge is 0.493 e. The summed E-state index contributed by atoms with van der Waals surface area (Å²) in [6, 6.07) is 7.48. The van der Waals surface area contributed by atoms with Gasteiger partial charge in [0.25, 0.3) is 0 Å². The minimum absolute atomic E-state index is 0.0507. The minimum atomic E-state index is -0.0507. The van der Waals surface area contributed by atoms with Gasteiger partial charge in [0.15, 0.2) is 11.3 Å². The van der Waals surface area contributed by atoms with Gasteiger partial charge in [-0.1, -0.05) is 29.8 Å². The number of ether oxygens (including phenoxy) is 2. The van der Waals surface area contributed by atoms with E-state index in [9.17, 15) is 4.79 Å². The monoisotopic (exact) mass is 347 g/mol. The molecule has 1 aliphatic heterocycles. The summed E-state index contributed by atoms with van der Waals surface area (Å²) in [5, 5.41) is 1.32. The fourth-order valence-corrected chi connectivity index (χ4v) is 2.67. The first-order valence-corrected chi connectivity index (χ1v) is 8.04. The number of allylic oxidation sites excluding steroid dienone is 2. The summed E-state index contributed by atoms with van der Waals surface area (Å²) in [5.74, 6) is 1.13. The van der Waals surface area contributed by atoms with Crippen LogP contribution < -0.4 is 4.74 Å². The van der Waals surface area contributed by atoms with Gasteiger partial charge < -0.3 is 18.8 Å². The number of carbonyl (C=O) groups is 1. The second-order valence-corrected chi connectivity index (χ2v) is 5.71. The van der Waals surface area contributed by atoms with Crippen molar-refractivity contribution in [2.24, 2.45) is 0 Å². The molecule has 1 aromatic heterocycles. The first-order chi connectivity index (χ1) is 11.7. The highest BCUT2D eigenvalue weighted by molar-refractivity contribution is 6.48. The molecule has 0 bridgehead atoms. The van der Waals surface area contributed by atoms with Crippen LogP contribution in [0.4, 0.5) is 0 Å². The van der Waals surface area contributed by atoms with Crippen LogP contribution in [0.3, 0.4) is 0 Å². The van der Waals surface area contributed by atoms with E-state index in [-0.39, 0.29) is 5.91 Å². The molecule has 1 saturated heterocycles. The Morgan fingerprint density at radius 1 is 1.33 bits per heavy atom. The molecule has 0 N–H and O–H groups in total. The molecule has 0 aliphatic carbocycles. The van der Waals surface area contributed by atoms with Crippen LogP contribution in [0, 0.1) is 0 Å². The van der Waals surface area contributed by atoms with Crippen LogP contribution in [0.1, 0.15) is 5.76 Å². The zero-order chi connectivity index (χ0) is 16.9. The maximum Gasteiger partial charge on any atom is 0.246 e. The second kappa shape index (κ2) is 7.55. The van der Waals surface area contributed by atoms with Gasteiger partial charge in [0.2, 0.25) is 5.91 Å². The van der Waals surface area contributed by atoms with Crippen LogP contribution in [0.2, 0.25) is 0 Å². The topological polar surface area (TPSA) is 51.9 Å². The van der Waals surface area contributed by atoms with Crippen molar-refractivity contribution in [2.45, 2.75) is 0 Å². The van der Waals surface area contributed by atoms with E-state index < -0.39 is 0 Å². The highest BCUT2D eigenvalue weighted by atomic mass is 35.5. The van der Waals surface area contributed by atoms with Crippen LogP contribution >= 0.6 is 11.6 Å². The third-order valence-corrected chi connectivity index (χ3v) is 4.08. The van der Waals surface area contributed by atoms with Crippen LogP contribution in [0.15, 0.2) is 46.9 Å². The van der Waals surface area contributed by atoms with Gasteiger partial charge in [-0.25, -0.2) is 0 Å². The Balaban J connectivity index is 1.73. The molecule has 0 saturated carbocycles. The summed E-state index contributed by atoms with van der Waals surface area (Å²) in [7, 11) is 1.59.